The number of carbonyl (C=O) groups is 3. The maximum absolute atomic E-state index is 12.9. The van der Waals surface area contributed by atoms with Crippen LogP contribution in [0.4, 0.5) is 0 Å². The highest BCUT2D eigenvalue weighted by Gasteiger charge is 2.19. The van der Waals surface area contributed by atoms with Crippen LogP contribution in [0.3, 0.4) is 0 Å². The Morgan fingerprint density at radius 3 is 0.753 bits per heavy atom. The van der Waals surface area contributed by atoms with Gasteiger partial charge in [0.1, 0.15) is 13.2 Å². The van der Waals surface area contributed by atoms with Gasteiger partial charge in [-0.2, -0.15) is 0 Å². The molecule has 0 aromatic heterocycles. The summed E-state index contributed by atoms with van der Waals surface area (Å²) in [4.78, 5) is 38.4. The Morgan fingerprint density at radius 2 is 0.481 bits per heavy atom. The molecule has 6 heteroatoms. The fraction of sp³-hybridized carbons (Fsp3) is 0.747. The summed E-state index contributed by atoms with van der Waals surface area (Å²) < 4.78 is 17.0. The third-order valence-electron chi connectivity index (χ3n) is 15.1. The Balaban J connectivity index is 4.31. The summed E-state index contributed by atoms with van der Waals surface area (Å²) in [5.74, 6) is -0.873. The van der Waals surface area contributed by atoms with Crippen molar-refractivity contribution in [2.24, 2.45) is 0 Å². The van der Waals surface area contributed by atoms with Crippen LogP contribution >= 0.6 is 0 Å². The number of hydrogen-bond donors (Lipinski definition) is 0. The van der Waals surface area contributed by atoms with Crippen LogP contribution in [0.2, 0.25) is 0 Å². The lowest BCUT2D eigenvalue weighted by atomic mass is 10.0. The minimum absolute atomic E-state index is 0.0779. The summed E-state index contributed by atoms with van der Waals surface area (Å²) >= 11 is 0. The van der Waals surface area contributed by atoms with Gasteiger partial charge in [0.15, 0.2) is 6.10 Å². The van der Waals surface area contributed by atoms with E-state index in [1.54, 1.807) is 0 Å². The van der Waals surface area contributed by atoms with Crippen molar-refractivity contribution >= 4 is 17.9 Å². The summed E-state index contributed by atoms with van der Waals surface area (Å²) in [5.41, 5.74) is 0. The molecule has 0 bridgehead atoms. The van der Waals surface area contributed by atoms with E-state index < -0.39 is 6.10 Å². The SMILES string of the molecule is CC/C=C\C/C=C\C/C=C\C/C=C\C/C=C\CCCCCCCCCCCCCC(=O)OCC(COC(=O)CCCCCCCCCCCCCCC)OC(=O)CCCCCCCCCC/C=C\C/C=C\C/C=C\CCCCCCC. The molecule has 0 aromatic rings. The molecule has 0 saturated carbocycles. The van der Waals surface area contributed by atoms with Gasteiger partial charge in [0, 0.05) is 19.3 Å². The van der Waals surface area contributed by atoms with Gasteiger partial charge in [-0.25, -0.2) is 0 Å². The van der Waals surface area contributed by atoms with Crippen molar-refractivity contribution in [2.45, 2.75) is 348 Å². The van der Waals surface area contributed by atoms with Crippen molar-refractivity contribution in [3.05, 3.63) is 97.2 Å². The number of allylic oxidation sites excluding steroid dienone is 16. The van der Waals surface area contributed by atoms with E-state index in [1.165, 1.54) is 193 Å². The summed E-state index contributed by atoms with van der Waals surface area (Å²) in [7, 11) is 0. The molecule has 0 heterocycles. The lowest BCUT2D eigenvalue weighted by Gasteiger charge is -2.18. The van der Waals surface area contributed by atoms with E-state index in [4.69, 9.17) is 14.2 Å². The average Bonchev–Trinajstić information content (AvgIpc) is 3.46. The predicted octanol–water partition coefficient (Wildman–Crippen LogP) is 24.0. The van der Waals surface area contributed by atoms with Crippen LogP contribution in [0.1, 0.15) is 342 Å². The van der Waals surface area contributed by atoms with Crippen LogP contribution in [0.15, 0.2) is 97.2 Å². The zero-order chi connectivity index (χ0) is 58.5. The van der Waals surface area contributed by atoms with E-state index in [9.17, 15) is 14.4 Å². The van der Waals surface area contributed by atoms with Crippen molar-refractivity contribution in [3.8, 4) is 0 Å². The first kappa shape index (κ1) is 77.3. The Morgan fingerprint density at radius 1 is 0.259 bits per heavy atom. The van der Waals surface area contributed by atoms with Crippen molar-refractivity contribution < 1.29 is 28.6 Å². The maximum atomic E-state index is 12.9. The average molecular weight is 1130 g/mol. The fourth-order valence-corrected chi connectivity index (χ4v) is 9.89. The van der Waals surface area contributed by atoms with Gasteiger partial charge in [-0.3, -0.25) is 14.4 Å². The molecule has 0 amide bonds. The van der Waals surface area contributed by atoms with E-state index in [0.29, 0.717) is 19.3 Å². The van der Waals surface area contributed by atoms with Crippen molar-refractivity contribution in [1.82, 2.24) is 0 Å². The summed E-state index contributed by atoms with van der Waals surface area (Å²) in [6.07, 6.45) is 92.8. The van der Waals surface area contributed by atoms with Crippen LogP contribution in [0.25, 0.3) is 0 Å². The van der Waals surface area contributed by atoms with Gasteiger partial charge in [0.05, 0.1) is 0 Å². The van der Waals surface area contributed by atoms with Gasteiger partial charge in [0.2, 0.25) is 0 Å². The highest BCUT2D eigenvalue weighted by atomic mass is 16.6. The topological polar surface area (TPSA) is 78.9 Å². The summed E-state index contributed by atoms with van der Waals surface area (Å²) in [6, 6.07) is 0. The third kappa shape index (κ3) is 67.0. The van der Waals surface area contributed by atoms with Crippen molar-refractivity contribution in [2.75, 3.05) is 13.2 Å². The van der Waals surface area contributed by atoms with E-state index in [0.717, 1.165) is 109 Å². The molecule has 0 aliphatic carbocycles. The fourth-order valence-electron chi connectivity index (χ4n) is 9.89. The molecule has 0 fully saturated rings. The Labute approximate surface area is 502 Å². The third-order valence-corrected chi connectivity index (χ3v) is 15.1. The molecule has 466 valence electrons. The first-order valence-electron chi connectivity index (χ1n) is 34.7. The van der Waals surface area contributed by atoms with Crippen LogP contribution in [-0.2, 0) is 28.6 Å². The van der Waals surface area contributed by atoms with Crippen LogP contribution < -0.4 is 0 Å². The summed E-state index contributed by atoms with van der Waals surface area (Å²) in [5, 5.41) is 0. The van der Waals surface area contributed by atoms with Gasteiger partial charge in [-0.05, 0) is 103 Å². The van der Waals surface area contributed by atoms with Crippen LogP contribution in [0, 0.1) is 0 Å². The van der Waals surface area contributed by atoms with E-state index in [1.807, 2.05) is 0 Å². The zero-order valence-electron chi connectivity index (χ0n) is 53.5. The van der Waals surface area contributed by atoms with E-state index in [-0.39, 0.29) is 31.1 Å². The first-order valence-corrected chi connectivity index (χ1v) is 34.7. The normalized spacial score (nSPS) is 12.7. The zero-order valence-corrected chi connectivity index (χ0v) is 53.5. The summed E-state index contributed by atoms with van der Waals surface area (Å²) in [6.45, 7) is 6.55. The molecule has 0 radical (unpaired) electrons. The number of esters is 3. The molecule has 0 aliphatic rings. The molecule has 0 rings (SSSR count). The highest BCUT2D eigenvalue weighted by Crippen LogP contribution is 2.17. The standard InChI is InChI=1S/C75H130O6/c1-4-7-10-13-16-19-22-25-27-29-31-33-35-36-37-38-40-41-43-45-47-50-53-56-59-62-65-68-74(77)80-71-72(70-79-73(76)67-64-61-58-55-52-49-24-21-18-15-12-9-6-3)81-75(78)69-66-63-60-57-54-51-48-46-44-42-39-34-32-30-28-26-23-20-17-14-11-8-5-2/h7,10,16,19,23,25-27,30-33,36-37,39,42,72H,4-6,8-9,11-15,17-18,20-22,24,28-29,34-35,38,40-41,43-71H2,1-3H3/b10-7-,19-16-,26-23-,27-25-,32-30-,33-31-,37-36-,42-39-. The Hall–Kier alpha value is -3.67. The van der Waals surface area contributed by atoms with Gasteiger partial charge >= 0.3 is 17.9 Å². The second-order valence-electron chi connectivity index (χ2n) is 23.1. The Kier molecular flexibility index (Phi) is 65.7. The number of hydrogen-bond acceptors (Lipinski definition) is 6. The van der Waals surface area contributed by atoms with Gasteiger partial charge in [-0.15, -0.1) is 0 Å². The first-order chi connectivity index (χ1) is 40.0. The monoisotopic (exact) mass is 1130 g/mol. The predicted molar refractivity (Wildman–Crippen MR) is 353 cm³/mol. The largest absolute Gasteiger partial charge is 0.462 e. The number of carbonyl (C=O) groups excluding carboxylic acids is 3. The van der Waals surface area contributed by atoms with Gasteiger partial charge in [-0.1, -0.05) is 317 Å². The molecule has 81 heavy (non-hydrogen) atoms. The molecule has 1 atom stereocenters. The minimum Gasteiger partial charge on any atom is -0.462 e. The molecule has 0 spiro atoms. The van der Waals surface area contributed by atoms with Gasteiger partial charge < -0.3 is 14.2 Å². The smallest absolute Gasteiger partial charge is 0.306 e. The molecule has 0 saturated heterocycles. The van der Waals surface area contributed by atoms with Crippen LogP contribution in [-0.4, -0.2) is 37.2 Å². The van der Waals surface area contributed by atoms with Crippen molar-refractivity contribution in [3.63, 3.8) is 0 Å². The lowest BCUT2D eigenvalue weighted by molar-refractivity contribution is -0.167. The quantitative estimate of drug-likeness (QED) is 0.0261. The molecule has 0 N–H and O–H groups in total. The second-order valence-corrected chi connectivity index (χ2v) is 23.1. The van der Waals surface area contributed by atoms with Crippen molar-refractivity contribution in [1.29, 1.82) is 0 Å². The number of unbranched alkanes of at least 4 members (excludes halogenated alkanes) is 36. The molecule has 0 aromatic carbocycles. The number of rotatable bonds is 63. The van der Waals surface area contributed by atoms with Crippen LogP contribution in [0.5, 0.6) is 0 Å². The second kappa shape index (κ2) is 68.8. The van der Waals surface area contributed by atoms with E-state index in [2.05, 4.69) is 118 Å². The van der Waals surface area contributed by atoms with Gasteiger partial charge in [0.25, 0.3) is 0 Å². The molecule has 0 aliphatic heterocycles. The molecular weight excluding hydrogens is 997 g/mol. The minimum atomic E-state index is -0.783. The maximum Gasteiger partial charge on any atom is 0.306 e. The molecule has 1 unspecified atom stereocenters. The lowest BCUT2D eigenvalue weighted by Crippen LogP contribution is -2.30. The molecular formula is C75H130O6. The van der Waals surface area contributed by atoms with E-state index >= 15 is 0 Å². The Bertz CT molecular complexity index is 1580. The molecule has 6 nitrogen and oxygen atoms in total. The highest BCUT2D eigenvalue weighted by molar-refractivity contribution is 5.71. The number of ether oxygens (including phenoxy) is 3.